The zero-order valence-corrected chi connectivity index (χ0v) is 17.2. The molecule has 150 valence electrons. The third kappa shape index (κ3) is 5.28. The number of carbonyl (C=O) groups excluding carboxylic acids is 1. The summed E-state index contributed by atoms with van der Waals surface area (Å²) in [5, 5.41) is 3.09. The van der Waals surface area contributed by atoms with E-state index in [1.807, 2.05) is 44.2 Å². The minimum absolute atomic E-state index is 0.0589. The van der Waals surface area contributed by atoms with E-state index in [1.54, 1.807) is 0 Å². The molecule has 1 N–H and O–H groups in total. The maximum absolute atomic E-state index is 12.7. The lowest BCUT2D eigenvalue weighted by atomic mass is 9.98. The van der Waals surface area contributed by atoms with Crippen LogP contribution in [0.3, 0.4) is 0 Å². The van der Waals surface area contributed by atoms with Gasteiger partial charge in [0.1, 0.15) is 5.75 Å². The van der Waals surface area contributed by atoms with E-state index in [4.69, 9.17) is 4.74 Å². The van der Waals surface area contributed by atoms with Crippen LogP contribution >= 0.6 is 0 Å². The number of nitrogens with zero attached hydrogens (tertiary/aromatic N) is 1. The zero-order chi connectivity index (χ0) is 19.9. The molecule has 1 saturated heterocycles. The standard InChI is InChI=1S/C24H32N2O2/c1-4-23(28-22-8-6-5-7-9-22)24(27)25-19(3)20-10-12-21(13-11-20)26-16-14-18(2)15-17-26/h5-13,18-19,23H,4,14-17H2,1-3H3,(H,25,27)/t19-,23+/m0/s1. The van der Waals surface area contributed by atoms with E-state index < -0.39 is 6.10 Å². The Bertz CT molecular complexity index is 737. The highest BCUT2D eigenvalue weighted by molar-refractivity contribution is 5.81. The maximum Gasteiger partial charge on any atom is 0.261 e. The molecule has 0 unspecified atom stereocenters. The number of rotatable bonds is 7. The van der Waals surface area contributed by atoms with Gasteiger partial charge >= 0.3 is 0 Å². The van der Waals surface area contributed by atoms with Crippen LogP contribution < -0.4 is 15.0 Å². The first kappa shape index (κ1) is 20.2. The molecule has 2 aromatic rings. The SMILES string of the molecule is CC[C@@H](Oc1ccccc1)C(=O)N[C@@H](C)c1ccc(N2CCC(C)CC2)cc1. The Morgan fingerprint density at radius 2 is 1.75 bits per heavy atom. The molecule has 3 rings (SSSR count). The summed E-state index contributed by atoms with van der Waals surface area (Å²) in [6, 6.07) is 18.0. The number of benzene rings is 2. The maximum atomic E-state index is 12.7. The third-order valence-corrected chi connectivity index (χ3v) is 5.59. The Kier molecular flexibility index (Phi) is 6.96. The lowest BCUT2D eigenvalue weighted by Gasteiger charge is -2.32. The van der Waals surface area contributed by atoms with Gasteiger partial charge in [0.15, 0.2) is 6.10 Å². The molecule has 0 aliphatic carbocycles. The number of para-hydroxylation sites is 1. The molecular formula is C24H32N2O2. The predicted molar refractivity (Wildman–Crippen MR) is 115 cm³/mol. The monoisotopic (exact) mass is 380 g/mol. The van der Waals surface area contributed by atoms with Crippen LogP contribution in [0.15, 0.2) is 54.6 Å². The van der Waals surface area contributed by atoms with Crippen LogP contribution in [-0.2, 0) is 4.79 Å². The number of piperidine rings is 1. The summed E-state index contributed by atoms with van der Waals surface area (Å²) in [7, 11) is 0. The van der Waals surface area contributed by atoms with Gasteiger partial charge in [-0.2, -0.15) is 0 Å². The first-order valence-corrected chi connectivity index (χ1v) is 10.4. The molecule has 1 aliphatic heterocycles. The van der Waals surface area contributed by atoms with E-state index >= 15 is 0 Å². The van der Waals surface area contributed by atoms with Crippen molar-refractivity contribution in [1.29, 1.82) is 0 Å². The summed E-state index contributed by atoms with van der Waals surface area (Å²) in [5.74, 6) is 1.47. The predicted octanol–water partition coefficient (Wildman–Crippen LogP) is 4.96. The van der Waals surface area contributed by atoms with Crippen molar-refractivity contribution in [2.75, 3.05) is 18.0 Å². The summed E-state index contributed by atoms with van der Waals surface area (Å²) >= 11 is 0. The fourth-order valence-electron chi connectivity index (χ4n) is 3.62. The Morgan fingerprint density at radius 3 is 2.36 bits per heavy atom. The van der Waals surface area contributed by atoms with Gasteiger partial charge in [0.2, 0.25) is 0 Å². The van der Waals surface area contributed by atoms with Gasteiger partial charge in [-0.3, -0.25) is 4.79 Å². The molecule has 2 atom stereocenters. The van der Waals surface area contributed by atoms with Crippen molar-refractivity contribution in [2.45, 2.75) is 52.2 Å². The van der Waals surface area contributed by atoms with E-state index in [-0.39, 0.29) is 11.9 Å². The van der Waals surface area contributed by atoms with Crippen molar-refractivity contribution >= 4 is 11.6 Å². The van der Waals surface area contributed by atoms with Crippen LogP contribution in [-0.4, -0.2) is 25.1 Å². The lowest BCUT2D eigenvalue weighted by molar-refractivity contribution is -0.128. The minimum Gasteiger partial charge on any atom is -0.481 e. The summed E-state index contributed by atoms with van der Waals surface area (Å²) in [6.07, 6.45) is 2.65. The van der Waals surface area contributed by atoms with Crippen LogP contribution in [0, 0.1) is 5.92 Å². The topological polar surface area (TPSA) is 41.6 Å². The second-order valence-electron chi connectivity index (χ2n) is 7.82. The van der Waals surface area contributed by atoms with Gasteiger partial charge in [0, 0.05) is 18.8 Å². The summed E-state index contributed by atoms with van der Waals surface area (Å²) in [6.45, 7) is 8.57. The molecule has 2 aromatic carbocycles. The Morgan fingerprint density at radius 1 is 1.11 bits per heavy atom. The molecular weight excluding hydrogens is 348 g/mol. The van der Waals surface area contributed by atoms with Gasteiger partial charge in [-0.15, -0.1) is 0 Å². The number of carbonyl (C=O) groups is 1. The van der Waals surface area contributed by atoms with Crippen molar-refractivity contribution < 1.29 is 9.53 Å². The highest BCUT2D eigenvalue weighted by Crippen LogP contribution is 2.24. The Labute approximate surface area is 168 Å². The van der Waals surface area contributed by atoms with E-state index in [0.29, 0.717) is 6.42 Å². The van der Waals surface area contributed by atoms with Crippen molar-refractivity contribution in [1.82, 2.24) is 5.32 Å². The molecule has 1 fully saturated rings. The quantitative estimate of drug-likeness (QED) is 0.738. The van der Waals surface area contributed by atoms with Crippen LogP contribution in [0.4, 0.5) is 5.69 Å². The molecule has 28 heavy (non-hydrogen) atoms. The van der Waals surface area contributed by atoms with Gasteiger partial charge in [-0.25, -0.2) is 0 Å². The molecule has 0 bridgehead atoms. The van der Waals surface area contributed by atoms with Gasteiger partial charge in [0.25, 0.3) is 5.91 Å². The molecule has 0 aromatic heterocycles. The molecule has 0 radical (unpaired) electrons. The van der Waals surface area contributed by atoms with Gasteiger partial charge in [-0.05, 0) is 61.9 Å². The third-order valence-electron chi connectivity index (χ3n) is 5.59. The van der Waals surface area contributed by atoms with E-state index in [1.165, 1.54) is 18.5 Å². The number of amides is 1. The lowest BCUT2D eigenvalue weighted by Crippen LogP contribution is -2.39. The van der Waals surface area contributed by atoms with E-state index in [2.05, 4.69) is 41.4 Å². The summed E-state index contributed by atoms with van der Waals surface area (Å²) in [5.41, 5.74) is 2.38. The highest BCUT2D eigenvalue weighted by Gasteiger charge is 2.21. The summed E-state index contributed by atoms with van der Waals surface area (Å²) < 4.78 is 5.85. The minimum atomic E-state index is -0.487. The van der Waals surface area contributed by atoms with Crippen molar-refractivity contribution in [3.05, 3.63) is 60.2 Å². The smallest absolute Gasteiger partial charge is 0.261 e. The van der Waals surface area contributed by atoms with Crippen molar-refractivity contribution in [2.24, 2.45) is 5.92 Å². The van der Waals surface area contributed by atoms with Crippen LogP contribution in [0.2, 0.25) is 0 Å². The zero-order valence-electron chi connectivity index (χ0n) is 17.2. The van der Waals surface area contributed by atoms with Crippen LogP contribution in [0.5, 0.6) is 5.75 Å². The molecule has 4 nitrogen and oxygen atoms in total. The largest absolute Gasteiger partial charge is 0.481 e. The van der Waals surface area contributed by atoms with Gasteiger partial charge in [-0.1, -0.05) is 44.2 Å². The molecule has 4 heteroatoms. The van der Waals surface area contributed by atoms with Crippen LogP contribution in [0.1, 0.15) is 51.6 Å². The molecule has 1 heterocycles. The van der Waals surface area contributed by atoms with Crippen molar-refractivity contribution in [3.8, 4) is 5.75 Å². The average Bonchev–Trinajstić information content (AvgIpc) is 2.73. The molecule has 1 aliphatic rings. The van der Waals surface area contributed by atoms with E-state index in [9.17, 15) is 4.79 Å². The van der Waals surface area contributed by atoms with Crippen LogP contribution in [0.25, 0.3) is 0 Å². The average molecular weight is 381 g/mol. The van der Waals surface area contributed by atoms with Gasteiger partial charge in [0.05, 0.1) is 6.04 Å². The van der Waals surface area contributed by atoms with Crippen molar-refractivity contribution in [3.63, 3.8) is 0 Å². The number of hydrogen-bond donors (Lipinski definition) is 1. The second-order valence-corrected chi connectivity index (χ2v) is 7.82. The Balaban J connectivity index is 1.57. The van der Waals surface area contributed by atoms with Gasteiger partial charge < -0.3 is 15.0 Å². The second kappa shape index (κ2) is 9.63. The molecule has 0 saturated carbocycles. The molecule has 1 amide bonds. The fourth-order valence-corrected chi connectivity index (χ4v) is 3.62. The van der Waals surface area contributed by atoms with E-state index in [0.717, 1.165) is 30.3 Å². The summed E-state index contributed by atoms with van der Waals surface area (Å²) in [4.78, 5) is 15.1. The normalized spacial score (nSPS) is 17.0. The highest BCUT2D eigenvalue weighted by atomic mass is 16.5. The number of anilines is 1. The number of nitrogens with one attached hydrogen (secondary N) is 1. The number of hydrogen-bond acceptors (Lipinski definition) is 3. The first-order chi connectivity index (χ1) is 13.6. The first-order valence-electron chi connectivity index (χ1n) is 10.4. The molecule has 0 spiro atoms. The number of ether oxygens (including phenoxy) is 1. The Hall–Kier alpha value is -2.49. The fraction of sp³-hybridized carbons (Fsp3) is 0.458.